The topological polar surface area (TPSA) is 60.9 Å². The van der Waals surface area contributed by atoms with Crippen molar-refractivity contribution in [3.63, 3.8) is 0 Å². The van der Waals surface area contributed by atoms with Gasteiger partial charge in [0.15, 0.2) is 0 Å². The van der Waals surface area contributed by atoms with Crippen molar-refractivity contribution in [3.8, 4) is 0 Å². The van der Waals surface area contributed by atoms with Crippen LogP contribution < -0.4 is 5.73 Å². The molecule has 20 heavy (non-hydrogen) atoms. The standard InChI is InChI=1S/C16H23N3O/c1-12(9-10-17)7-8-13(20)11-16-18-14-5-3-4-6-15(14)19(16)2/h3-6,12H,7-11,17H2,1-2H3. The summed E-state index contributed by atoms with van der Waals surface area (Å²) in [6.45, 7) is 2.84. The van der Waals surface area contributed by atoms with Gasteiger partial charge in [0.1, 0.15) is 11.6 Å². The fourth-order valence-corrected chi connectivity index (χ4v) is 2.45. The number of rotatable bonds is 7. The smallest absolute Gasteiger partial charge is 0.140 e. The first kappa shape index (κ1) is 14.7. The number of aromatic nitrogens is 2. The highest BCUT2D eigenvalue weighted by atomic mass is 16.1. The van der Waals surface area contributed by atoms with Crippen molar-refractivity contribution in [2.24, 2.45) is 18.7 Å². The highest BCUT2D eigenvalue weighted by Crippen LogP contribution is 2.16. The van der Waals surface area contributed by atoms with Crippen molar-refractivity contribution in [2.45, 2.75) is 32.6 Å². The number of aryl methyl sites for hydroxylation is 1. The summed E-state index contributed by atoms with van der Waals surface area (Å²) in [5.74, 6) is 1.62. The molecular formula is C16H23N3O. The number of carbonyl (C=O) groups is 1. The van der Waals surface area contributed by atoms with Crippen LogP contribution in [-0.4, -0.2) is 21.9 Å². The predicted octanol–water partition coefficient (Wildman–Crippen LogP) is 2.45. The minimum atomic E-state index is 0.257. The van der Waals surface area contributed by atoms with E-state index >= 15 is 0 Å². The third kappa shape index (κ3) is 3.45. The minimum Gasteiger partial charge on any atom is -0.331 e. The Hall–Kier alpha value is -1.68. The SMILES string of the molecule is CC(CCN)CCC(=O)Cc1nc2ccccc2n1C. The number of benzene rings is 1. The fourth-order valence-electron chi connectivity index (χ4n) is 2.45. The molecule has 4 heteroatoms. The molecule has 0 aliphatic rings. The molecule has 1 heterocycles. The van der Waals surface area contributed by atoms with E-state index in [0.29, 0.717) is 25.3 Å². The van der Waals surface area contributed by atoms with E-state index in [1.54, 1.807) is 0 Å². The molecule has 1 atom stereocenters. The lowest BCUT2D eigenvalue weighted by molar-refractivity contribution is -0.118. The first-order valence-corrected chi connectivity index (χ1v) is 7.24. The van der Waals surface area contributed by atoms with Gasteiger partial charge in [-0.3, -0.25) is 4.79 Å². The van der Waals surface area contributed by atoms with Crippen LogP contribution in [0.3, 0.4) is 0 Å². The molecule has 0 bridgehead atoms. The van der Waals surface area contributed by atoms with Crippen LogP contribution in [-0.2, 0) is 18.3 Å². The number of imidazole rings is 1. The Balaban J connectivity index is 1.98. The van der Waals surface area contributed by atoms with E-state index in [0.717, 1.165) is 29.7 Å². The summed E-state index contributed by atoms with van der Waals surface area (Å²) in [4.78, 5) is 16.6. The lowest BCUT2D eigenvalue weighted by atomic mass is 9.99. The molecule has 2 rings (SSSR count). The predicted molar refractivity (Wildman–Crippen MR) is 81.5 cm³/mol. The average Bonchev–Trinajstić information content (AvgIpc) is 2.74. The number of carbonyl (C=O) groups excluding carboxylic acids is 1. The van der Waals surface area contributed by atoms with Crippen molar-refractivity contribution in [1.29, 1.82) is 0 Å². The number of para-hydroxylation sites is 2. The summed E-state index contributed by atoms with van der Waals surface area (Å²) in [7, 11) is 1.97. The van der Waals surface area contributed by atoms with Gasteiger partial charge in [-0.25, -0.2) is 4.98 Å². The molecule has 0 saturated carbocycles. The van der Waals surface area contributed by atoms with Gasteiger partial charge in [-0.15, -0.1) is 0 Å². The second kappa shape index (κ2) is 6.66. The molecule has 0 spiro atoms. The molecule has 0 fully saturated rings. The van der Waals surface area contributed by atoms with Crippen LogP contribution in [0.15, 0.2) is 24.3 Å². The normalized spacial score (nSPS) is 12.8. The van der Waals surface area contributed by atoms with Gasteiger partial charge in [-0.05, 0) is 37.4 Å². The second-order valence-electron chi connectivity index (χ2n) is 5.51. The molecule has 1 aromatic carbocycles. The summed E-state index contributed by atoms with van der Waals surface area (Å²) < 4.78 is 2.01. The highest BCUT2D eigenvalue weighted by molar-refractivity contribution is 5.82. The number of Topliss-reactive ketones (excluding diaryl/α,β-unsaturated/α-hetero) is 1. The molecule has 2 N–H and O–H groups in total. The van der Waals surface area contributed by atoms with E-state index in [-0.39, 0.29) is 5.78 Å². The summed E-state index contributed by atoms with van der Waals surface area (Å²) in [6.07, 6.45) is 2.93. The van der Waals surface area contributed by atoms with Gasteiger partial charge in [0.25, 0.3) is 0 Å². The van der Waals surface area contributed by atoms with Crippen LogP contribution >= 0.6 is 0 Å². The van der Waals surface area contributed by atoms with Crippen LogP contribution in [0.2, 0.25) is 0 Å². The van der Waals surface area contributed by atoms with Crippen molar-refractivity contribution >= 4 is 16.8 Å². The molecule has 0 amide bonds. The van der Waals surface area contributed by atoms with Gasteiger partial charge in [-0.2, -0.15) is 0 Å². The first-order valence-electron chi connectivity index (χ1n) is 7.24. The Morgan fingerprint density at radius 2 is 2.10 bits per heavy atom. The van der Waals surface area contributed by atoms with Gasteiger partial charge in [0.2, 0.25) is 0 Å². The third-order valence-corrected chi connectivity index (χ3v) is 3.81. The molecule has 1 aromatic heterocycles. The zero-order valence-electron chi connectivity index (χ0n) is 12.3. The van der Waals surface area contributed by atoms with E-state index in [1.807, 2.05) is 35.9 Å². The molecule has 1 unspecified atom stereocenters. The zero-order valence-corrected chi connectivity index (χ0v) is 12.3. The fraction of sp³-hybridized carbons (Fsp3) is 0.500. The largest absolute Gasteiger partial charge is 0.331 e. The maximum atomic E-state index is 12.1. The zero-order chi connectivity index (χ0) is 14.5. The Kier molecular flexibility index (Phi) is 4.90. The second-order valence-corrected chi connectivity index (χ2v) is 5.51. The Morgan fingerprint density at radius 3 is 2.80 bits per heavy atom. The molecule has 0 aliphatic heterocycles. The lowest BCUT2D eigenvalue weighted by Gasteiger charge is -2.08. The lowest BCUT2D eigenvalue weighted by Crippen LogP contribution is -2.11. The minimum absolute atomic E-state index is 0.257. The van der Waals surface area contributed by atoms with Crippen molar-refractivity contribution in [1.82, 2.24) is 9.55 Å². The number of ketones is 1. The van der Waals surface area contributed by atoms with Crippen LogP contribution in [0.4, 0.5) is 0 Å². The molecule has 2 aromatic rings. The van der Waals surface area contributed by atoms with Crippen molar-refractivity contribution in [3.05, 3.63) is 30.1 Å². The number of hydrogen-bond acceptors (Lipinski definition) is 3. The Morgan fingerprint density at radius 1 is 1.35 bits per heavy atom. The van der Waals surface area contributed by atoms with Gasteiger partial charge < -0.3 is 10.3 Å². The third-order valence-electron chi connectivity index (χ3n) is 3.81. The summed E-state index contributed by atoms with van der Waals surface area (Å²) in [5, 5.41) is 0. The quantitative estimate of drug-likeness (QED) is 0.843. The van der Waals surface area contributed by atoms with Gasteiger partial charge in [0.05, 0.1) is 17.5 Å². The van der Waals surface area contributed by atoms with Crippen LogP contribution in [0.1, 0.15) is 32.0 Å². The Labute approximate surface area is 120 Å². The van der Waals surface area contributed by atoms with Crippen molar-refractivity contribution in [2.75, 3.05) is 6.54 Å². The molecule has 0 radical (unpaired) electrons. The molecule has 0 aliphatic carbocycles. The van der Waals surface area contributed by atoms with Crippen LogP contribution in [0.25, 0.3) is 11.0 Å². The van der Waals surface area contributed by atoms with Crippen LogP contribution in [0.5, 0.6) is 0 Å². The van der Waals surface area contributed by atoms with Gasteiger partial charge in [-0.1, -0.05) is 19.1 Å². The first-order chi connectivity index (χ1) is 9.61. The number of nitrogens with zero attached hydrogens (tertiary/aromatic N) is 2. The summed E-state index contributed by atoms with van der Waals surface area (Å²) in [6, 6.07) is 7.96. The van der Waals surface area contributed by atoms with Gasteiger partial charge >= 0.3 is 0 Å². The summed E-state index contributed by atoms with van der Waals surface area (Å²) >= 11 is 0. The Bertz CT molecular complexity index is 588. The molecule has 0 saturated heterocycles. The number of hydrogen-bond donors (Lipinski definition) is 1. The van der Waals surface area contributed by atoms with Crippen LogP contribution in [0, 0.1) is 5.92 Å². The van der Waals surface area contributed by atoms with E-state index in [1.165, 1.54) is 0 Å². The molecule has 108 valence electrons. The summed E-state index contributed by atoms with van der Waals surface area (Å²) in [5.41, 5.74) is 7.55. The van der Waals surface area contributed by atoms with E-state index in [9.17, 15) is 4.79 Å². The maximum absolute atomic E-state index is 12.1. The van der Waals surface area contributed by atoms with E-state index in [2.05, 4.69) is 11.9 Å². The molecular weight excluding hydrogens is 250 g/mol. The number of fused-ring (bicyclic) bond motifs is 1. The van der Waals surface area contributed by atoms with E-state index < -0.39 is 0 Å². The monoisotopic (exact) mass is 273 g/mol. The maximum Gasteiger partial charge on any atom is 0.140 e. The van der Waals surface area contributed by atoms with Crippen molar-refractivity contribution < 1.29 is 4.79 Å². The van der Waals surface area contributed by atoms with E-state index in [4.69, 9.17) is 5.73 Å². The number of nitrogens with two attached hydrogens (primary N) is 1. The highest BCUT2D eigenvalue weighted by Gasteiger charge is 2.12. The van der Waals surface area contributed by atoms with Gasteiger partial charge in [0, 0.05) is 13.5 Å². The molecule has 4 nitrogen and oxygen atoms in total. The average molecular weight is 273 g/mol.